The van der Waals surface area contributed by atoms with Crippen molar-refractivity contribution < 1.29 is 14.2 Å². The van der Waals surface area contributed by atoms with Crippen LogP contribution in [0.25, 0.3) is 11.9 Å². The van der Waals surface area contributed by atoms with Crippen LogP contribution in [0.5, 0.6) is 17.2 Å². The SMILES string of the molecule is COc1ccc(CNc2nccc(-n3ncc(C=CCN4CCN(c5cc(Cl)cc(OCc6ccc(OC)cc6)c5)CC4)c3C)n2)cc1. The van der Waals surface area contributed by atoms with Gasteiger partial charge in [0.15, 0.2) is 5.82 Å². The minimum atomic E-state index is 0.463. The summed E-state index contributed by atoms with van der Waals surface area (Å²) in [5.41, 5.74) is 5.33. The number of benzene rings is 3. The molecule has 0 bridgehead atoms. The first-order valence-electron chi connectivity index (χ1n) is 15.9. The summed E-state index contributed by atoms with van der Waals surface area (Å²) in [5.74, 6) is 3.68. The second-order valence-corrected chi connectivity index (χ2v) is 11.9. The largest absolute Gasteiger partial charge is 0.497 e. The zero-order chi connectivity index (χ0) is 33.3. The van der Waals surface area contributed by atoms with Crippen molar-refractivity contribution in [2.45, 2.75) is 20.1 Å². The quantitative estimate of drug-likeness (QED) is 0.148. The van der Waals surface area contributed by atoms with Gasteiger partial charge in [-0.3, -0.25) is 4.90 Å². The molecular formula is C37H40ClN7O3. The number of anilines is 2. The van der Waals surface area contributed by atoms with Gasteiger partial charge < -0.3 is 24.4 Å². The molecule has 0 spiro atoms. The van der Waals surface area contributed by atoms with Crippen molar-refractivity contribution in [1.82, 2.24) is 24.6 Å². The number of ether oxygens (including phenoxy) is 3. The van der Waals surface area contributed by atoms with Gasteiger partial charge in [-0.15, -0.1) is 0 Å². The fourth-order valence-electron chi connectivity index (χ4n) is 5.51. The third-order valence-corrected chi connectivity index (χ3v) is 8.55. The molecule has 48 heavy (non-hydrogen) atoms. The first-order chi connectivity index (χ1) is 23.5. The number of halogens is 1. The number of methoxy groups -OCH3 is 2. The van der Waals surface area contributed by atoms with Gasteiger partial charge in [0.05, 0.1) is 26.1 Å². The van der Waals surface area contributed by atoms with E-state index in [9.17, 15) is 0 Å². The predicted octanol–water partition coefficient (Wildman–Crippen LogP) is 6.67. The predicted molar refractivity (Wildman–Crippen MR) is 191 cm³/mol. The van der Waals surface area contributed by atoms with E-state index in [1.807, 2.05) is 77.6 Å². The molecule has 0 unspecified atom stereocenters. The molecule has 6 rings (SSSR count). The third kappa shape index (κ3) is 8.44. The van der Waals surface area contributed by atoms with Gasteiger partial charge in [-0.1, -0.05) is 48.0 Å². The average Bonchev–Trinajstić information content (AvgIpc) is 3.50. The molecule has 5 aromatic rings. The monoisotopic (exact) mass is 665 g/mol. The van der Waals surface area contributed by atoms with Gasteiger partial charge in [0.2, 0.25) is 5.95 Å². The Morgan fingerprint density at radius 2 is 1.56 bits per heavy atom. The second-order valence-electron chi connectivity index (χ2n) is 11.5. The molecule has 10 nitrogen and oxygen atoms in total. The van der Waals surface area contributed by atoms with Crippen molar-refractivity contribution in [3.05, 3.63) is 119 Å². The van der Waals surface area contributed by atoms with Crippen LogP contribution in [0.15, 0.2) is 91.3 Å². The standard InChI is InChI=1S/C37H40ClN7O3/c1-27-30(25-41-45(27)36-14-15-39-37(42-36)40-24-28-6-10-33(46-2)11-7-28)5-4-16-43-17-19-44(20-18-43)32-21-31(38)22-35(23-32)48-26-29-8-12-34(47-3)13-9-29/h4-15,21-23,25H,16-20,24,26H2,1-3H3,(H,39,40,42). The first-order valence-corrected chi connectivity index (χ1v) is 16.3. The lowest BCUT2D eigenvalue weighted by atomic mass is 10.2. The van der Waals surface area contributed by atoms with Gasteiger partial charge in [0, 0.05) is 73.9 Å². The summed E-state index contributed by atoms with van der Waals surface area (Å²) < 4.78 is 18.4. The first kappa shape index (κ1) is 32.9. The maximum atomic E-state index is 6.49. The van der Waals surface area contributed by atoms with Crippen LogP contribution in [0.3, 0.4) is 0 Å². The summed E-state index contributed by atoms with van der Waals surface area (Å²) in [6.07, 6.45) is 7.97. The average molecular weight is 666 g/mol. The lowest BCUT2D eigenvalue weighted by Gasteiger charge is -2.35. The van der Waals surface area contributed by atoms with Crippen LogP contribution in [0.1, 0.15) is 22.4 Å². The van der Waals surface area contributed by atoms with E-state index in [2.05, 4.69) is 55.3 Å². The molecule has 0 radical (unpaired) electrons. The lowest BCUT2D eigenvalue weighted by Crippen LogP contribution is -2.46. The molecular weight excluding hydrogens is 626 g/mol. The fraction of sp³-hybridized carbons (Fsp3) is 0.270. The van der Waals surface area contributed by atoms with Gasteiger partial charge in [-0.2, -0.15) is 10.1 Å². The van der Waals surface area contributed by atoms with Gasteiger partial charge in [-0.05, 0) is 54.4 Å². The van der Waals surface area contributed by atoms with Crippen LogP contribution in [-0.4, -0.2) is 71.6 Å². The smallest absolute Gasteiger partial charge is 0.224 e. The highest BCUT2D eigenvalue weighted by molar-refractivity contribution is 6.31. The number of piperazine rings is 1. The van der Waals surface area contributed by atoms with Crippen molar-refractivity contribution in [3.8, 4) is 23.1 Å². The fourth-order valence-corrected chi connectivity index (χ4v) is 5.73. The molecule has 0 atom stereocenters. The van der Waals surface area contributed by atoms with E-state index in [1.54, 1.807) is 20.4 Å². The maximum Gasteiger partial charge on any atom is 0.224 e. The second kappa shape index (κ2) is 15.7. The molecule has 2 aromatic heterocycles. The Morgan fingerprint density at radius 1 is 0.854 bits per heavy atom. The van der Waals surface area contributed by atoms with Crippen LogP contribution in [0, 0.1) is 6.92 Å². The molecule has 248 valence electrons. The van der Waals surface area contributed by atoms with Crippen LogP contribution in [0.4, 0.5) is 11.6 Å². The van der Waals surface area contributed by atoms with Crippen LogP contribution < -0.4 is 24.4 Å². The Hall–Kier alpha value is -5.06. The Kier molecular flexibility index (Phi) is 10.7. The van der Waals surface area contributed by atoms with Gasteiger partial charge in [-0.25, -0.2) is 9.67 Å². The molecule has 1 aliphatic rings. The molecule has 3 aromatic carbocycles. The number of nitrogens with one attached hydrogen (secondary N) is 1. The maximum absolute atomic E-state index is 6.49. The Balaban J connectivity index is 0.992. The molecule has 1 fully saturated rings. The van der Waals surface area contributed by atoms with E-state index in [1.165, 1.54) is 0 Å². The molecule has 11 heteroatoms. The van der Waals surface area contributed by atoms with E-state index in [4.69, 9.17) is 25.8 Å². The van der Waals surface area contributed by atoms with Gasteiger partial charge in [0.1, 0.15) is 23.9 Å². The van der Waals surface area contributed by atoms with E-state index < -0.39 is 0 Å². The topological polar surface area (TPSA) is 89.8 Å². The number of aromatic nitrogens is 4. The van der Waals surface area contributed by atoms with E-state index in [0.717, 1.165) is 78.0 Å². The summed E-state index contributed by atoms with van der Waals surface area (Å²) >= 11 is 6.49. The molecule has 3 heterocycles. The summed E-state index contributed by atoms with van der Waals surface area (Å²) in [4.78, 5) is 13.9. The zero-order valence-electron chi connectivity index (χ0n) is 27.5. The lowest BCUT2D eigenvalue weighted by molar-refractivity contribution is 0.284. The summed E-state index contributed by atoms with van der Waals surface area (Å²) in [6.45, 7) is 7.69. The molecule has 0 saturated carbocycles. The van der Waals surface area contributed by atoms with Crippen LogP contribution >= 0.6 is 11.6 Å². The Labute approximate surface area is 286 Å². The normalized spacial score (nSPS) is 13.5. The summed E-state index contributed by atoms with van der Waals surface area (Å²) in [6, 6.07) is 23.6. The third-order valence-electron chi connectivity index (χ3n) is 8.33. The van der Waals surface area contributed by atoms with Crippen LogP contribution in [-0.2, 0) is 13.2 Å². The Bertz CT molecular complexity index is 1820. The number of hydrogen-bond acceptors (Lipinski definition) is 9. The van der Waals surface area contributed by atoms with Crippen molar-refractivity contribution in [2.24, 2.45) is 0 Å². The molecule has 1 N–H and O–H groups in total. The van der Waals surface area contributed by atoms with E-state index in [0.29, 0.717) is 29.9 Å². The summed E-state index contributed by atoms with van der Waals surface area (Å²) in [7, 11) is 3.32. The number of rotatable bonds is 13. The minimum absolute atomic E-state index is 0.463. The van der Waals surface area contributed by atoms with Crippen molar-refractivity contribution in [1.29, 1.82) is 0 Å². The van der Waals surface area contributed by atoms with E-state index in [-0.39, 0.29) is 0 Å². The molecule has 1 aliphatic heterocycles. The summed E-state index contributed by atoms with van der Waals surface area (Å²) in [5, 5.41) is 8.58. The highest BCUT2D eigenvalue weighted by Crippen LogP contribution is 2.29. The Morgan fingerprint density at radius 3 is 2.27 bits per heavy atom. The molecule has 0 amide bonds. The number of nitrogens with zero attached hydrogens (tertiary/aromatic N) is 6. The van der Waals surface area contributed by atoms with Crippen molar-refractivity contribution in [2.75, 3.05) is 57.2 Å². The van der Waals surface area contributed by atoms with Gasteiger partial charge >= 0.3 is 0 Å². The zero-order valence-corrected chi connectivity index (χ0v) is 28.2. The highest BCUT2D eigenvalue weighted by Gasteiger charge is 2.18. The highest BCUT2D eigenvalue weighted by atomic mass is 35.5. The van der Waals surface area contributed by atoms with Crippen molar-refractivity contribution in [3.63, 3.8) is 0 Å². The number of hydrogen-bond donors (Lipinski definition) is 1. The molecule has 1 saturated heterocycles. The van der Waals surface area contributed by atoms with Gasteiger partial charge in [0.25, 0.3) is 0 Å². The van der Waals surface area contributed by atoms with E-state index >= 15 is 0 Å². The molecule has 0 aliphatic carbocycles. The van der Waals surface area contributed by atoms with Crippen LogP contribution in [0.2, 0.25) is 5.02 Å². The van der Waals surface area contributed by atoms with Crippen molar-refractivity contribution >= 4 is 29.3 Å². The minimum Gasteiger partial charge on any atom is -0.497 e.